The van der Waals surface area contributed by atoms with Crippen LogP contribution in [0.25, 0.3) is 11.5 Å². The molecule has 6 nitrogen and oxygen atoms in total. The molecule has 1 aromatic carbocycles. The molecule has 2 heterocycles. The molecule has 0 spiro atoms. The number of nitrogens with zero attached hydrogens (tertiary/aromatic N) is 3. The zero-order valence-electron chi connectivity index (χ0n) is 17.2. The Morgan fingerprint density at radius 3 is 2.68 bits per heavy atom. The van der Waals surface area contributed by atoms with E-state index in [-0.39, 0.29) is 0 Å². The van der Waals surface area contributed by atoms with Crippen molar-refractivity contribution < 1.29 is 4.42 Å². The van der Waals surface area contributed by atoms with Crippen LogP contribution in [-0.2, 0) is 6.54 Å². The minimum absolute atomic E-state index is 0.501. The average molecular weight is 384 g/mol. The van der Waals surface area contributed by atoms with E-state index in [1.54, 1.807) is 6.26 Å². The molecule has 1 aliphatic rings. The second kappa shape index (κ2) is 10.9. The van der Waals surface area contributed by atoms with Gasteiger partial charge in [-0.3, -0.25) is 0 Å². The molecule has 2 aromatic rings. The van der Waals surface area contributed by atoms with Gasteiger partial charge in [0.25, 0.3) is 0 Å². The number of oxazole rings is 1. The molecule has 0 saturated carbocycles. The summed E-state index contributed by atoms with van der Waals surface area (Å²) in [6, 6.07) is 9.94. The van der Waals surface area contributed by atoms with E-state index in [2.05, 4.69) is 39.4 Å². The monoisotopic (exact) mass is 383 g/mol. The summed E-state index contributed by atoms with van der Waals surface area (Å²) in [4.78, 5) is 11.7. The van der Waals surface area contributed by atoms with Gasteiger partial charge < -0.3 is 20.0 Å². The number of piperidine rings is 1. The van der Waals surface area contributed by atoms with Crippen molar-refractivity contribution in [2.45, 2.75) is 39.7 Å². The van der Waals surface area contributed by atoms with E-state index >= 15 is 0 Å². The molecule has 0 atom stereocenters. The van der Waals surface area contributed by atoms with Crippen molar-refractivity contribution >= 4 is 5.96 Å². The highest BCUT2D eigenvalue weighted by Gasteiger charge is 2.17. The maximum atomic E-state index is 5.60. The number of guanidine groups is 1. The highest BCUT2D eigenvalue weighted by Crippen LogP contribution is 2.20. The third kappa shape index (κ3) is 6.09. The first-order valence-electron chi connectivity index (χ1n) is 10.5. The lowest BCUT2D eigenvalue weighted by Crippen LogP contribution is -2.39. The molecule has 2 N–H and O–H groups in total. The molecule has 1 saturated heterocycles. The number of nitrogens with one attached hydrogen (secondary N) is 2. The van der Waals surface area contributed by atoms with Crippen LogP contribution in [0.2, 0.25) is 0 Å². The van der Waals surface area contributed by atoms with Gasteiger partial charge in [-0.15, -0.1) is 0 Å². The molecule has 3 rings (SSSR count). The minimum atomic E-state index is 0.501. The molecule has 1 aromatic heterocycles. The molecule has 152 valence electrons. The van der Waals surface area contributed by atoms with Gasteiger partial charge in [-0.2, -0.15) is 0 Å². The van der Waals surface area contributed by atoms with E-state index < -0.39 is 0 Å². The topological polar surface area (TPSA) is 65.7 Å². The summed E-state index contributed by atoms with van der Waals surface area (Å²) >= 11 is 0. The third-order valence-electron chi connectivity index (χ3n) is 5.32. The second-order valence-electron chi connectivity index (χ2n) is 7.30. The van der Waals surface area contributed by atoms with Crippen molar-refractivity contribution in [2.24, 2.45) is 10.9 Å². The summed E-state index contributed by atoms with van der Waals surface area (Å²) in [5.41, 5.74) is 1.82. The van der Waals surface area contributed by atoms with Gasteiger partial charge in [0.15, 0.2) is 5.96 Å². The highest BCUT2D eigenvalue weighted by molar-refractivity contribution is 5.79. The average Bonchev–Trinajstić information content (AvgIpc) is 3.22. The summed E-state index contributed by atoms with van der Waals surface area (Å²) in [6.45, 7) is 10.3. The molecule has 0 aliphatic carbocycles. The van der Waals surface area contributed by atoms with Crippen molar-refractivity contribution in [1.82, 2.24) is 20.5 Å². The summed E-state index contributed by atoms with van der Waals surface area (Å²) in [7, 11) is 0. The first-order valence-corrected chi connectivity index (χ1v) is 10.5. The smallest absolute Gasteiger partial charge is 0.226 e. The summed E-state index contributed by atoms with van der Waals surface area (Å²) < 4.78 is 5.60. The largest absolute Gasteiger partial charge is 0.444 e. The zero-order valence-corrected chi connectivity index (χ0v) is 17.2. The van der Waals surface area contributed by atoms with Crippen LogP contribution in [0.4, 0.5) is 0 Å². The quantitative estimate of drug-likeness (QED) is 0.539. The van der Waals surface area contributed by atoms with Crippen molar-refractivity contribution in [1.29, 1.82) is 0 Å². The van der Waals surface area contributed by atoms with Gasteiger partial charge in [0.1, 0.15) is 12.0 Å². The van der Waals surface area contributed by atoms with E-state index in [0.29, 0.717) is 12.4 Å². The minimum Gasteiger partial charge on any atom is -0.444 e. The molecule has 1 fully saturated rings. The maximum absolute atomic E-state index is 5.60. The summed E-state index contributed by atoms with van der Waals surface area (Å²) in [5, 5.41) is 6.79. The Morgan fingerprint density at radius 2 is 1.96 bits per heavy atom. The fourth-order valence-electron chi connectivity index (χ4n) is 3.58. The van der Waals surface area contributed by atoms with Gasteiger partial charge in [0.05, 0.1) is 6.54 Å². The van der Waals surface area contributed by atoms with Crippen LogP contribution in [0.15, 0.2) is 46.0 Å². The lowest BCUT2D eigenvalue weighted by molar-refractivity contribution is 0.187. The van der Waals surface area contributed by atoms with Crippen LogP contribution in [0.1, 0.15) is 38.8 Å². The van der Waals surface area contributed by atoms with Crippen molar-refractivity contribution in [3.63, 3.8) is 0 Å². The Hall–Kier alpha value is -2.34. The van der Waals surface area contributed by atoms with Crippen molar-refractivity contribution in [3.8, 4) is 11.5 Å². The summed E-state index contributed by atoms with van der Waals surface area (Å²) in [6.07, 6.45) is 5.51. The normalized spacial score (nSPS) is 16.3. The van der Waals surface area contributed by atoms with Gasteiger partial charge in [0, 0.05) is 18.7 Å². The number of benzene rings is 1. The summed E-state index contributed by atoms with van der Waals surface area (Å²) in [5.74, 6) is 2.31. The Morgan fingerprint density at radius 1 is 1.18 bits per heavy atom. The van der Waals surface area contributed by atoms with Gasteiger partial charge in [-0.1, -0.05) is 25.1 Å². The molecule has 0 bridgehead atoms. The highest BCUT2D eigenvalue weighted by atomic mass is 16.3. The van der Waals surface area contributed by atoms with E-state index in [9.17, 15) is 0 Å². The Balaban J connectivity index is 1.47. The molecule has 0 amide bonds. The SMILES string of the molecule is CCNC(=NCc1coc(-c2ccccc2)n1)NCCC1CCN(CC)CC1. The van der Waals surface area contributed by atoms with Crippen LogP contribution >= 0.6 is 0 Å². The predicted molar refractivity (Wildman–Crippen MR) is 114 cm³/mol. The second-order valence-corrected chi connectivity index (χ2v) is 7.30. The number of hydrogen-bond donors (Lipinski definition) is 2. The van der Waals surface area contributed by atoms with Crippen LogP contribution in [0, 0.1) is 5.92 Å². The molecular formula is C22H33N5O. The molecule has 28 heavy (non-hydrogen) atoms. The fourth-order valence-corrected chi connectivity index (χ4v) is 3.58. The van der Waals surface area contributed by atoms with E-state index in [4.69, 9.17) is 4.42 Å². The molecule has 0 radical (unpaired) electrons. The van der Waals surface area contributed by atoms with Crippen LogP contribution in [-0.4, -0.2) is 48.6 Å². The lowest BCUT2D eigenvalue weighted by Gasteiger charge is -2.31. The maximum Gasteiger partial charge on any atom is 0.226 e. The Labute approximate surface area is 168 Å². The number of aromatic nitrogens is 1. The first-order chi connectivity index (χ1) is 13.8. The van der Waals surface area contributed by atoms with Gasteiger partial charge in [-0.05, 0) is 63.9 Å². The number of rotatable bonds is 8. The van der Waals surface area contributed by atoms with Crippen LogP contribution in [0.5, 0.6) is 0 Å². The molecule has 0 unspecified atom stereocenters. The standard InChI is InChI=1S/C22H33N5O/c1-3-23-22(24-13-10-18-11-14-27(4-2)15-12-18)25-16-20-17-28-21(26-20)19-8-6-5-7-9-19/h5-9,17-18H,3-4,10-16H2,1-2H3,(H2,23,24,25). The lowest BCUT2D eigenvalue weighted by atomic mass is 9.93. The van der Waals surface area contributed by atoms with Crippen LogP contribution in [0.3, 0.4) is 0 Å². The Bertz CT molecular complexity index is 720. The van der Waals surface area contributed by atoms with Gasteiger partial charge in [-0.25, -0.2) is 9.98 Å². The fraction of sp³-hybridized carbons (Fsp3) is 0.545. The van der Waals surface area contributed by atoms with E-state index in [1.807, 2.05) is 30.3 Å². The van der Waals surface area contributed by atoms with Gasteiger partial charge in [0.2, 0.25) is 5.89 Å². The van der Waals surface area contributed by atoms with E-state index in [1.165, 1.54) is 38.9 Å². The number of hydrogen-bond acceptors (Lipinski definition) is 4. The van der Waals surface area contributed by atoms with E-state index in [0.717, 1.165) is 36.2 Å². The first kappa shape index (κ1) is 20.4. The predicted octanol–water partition coefficient (Wildman–Crippen LogP) is 3.52. The molecular weight excluding hydrogens is 350 g/mol. The third-order valence-corrected chi connectivity index (χ3v) is 5.32. The van der Waals surface area contributed by atoms with Crippen LogP contribution < -0.4 is 10.6 Å². The van der Waals surface area contributed by atoms with Gasteiger partial charge >= 0.3 is 0 Å². The van der Waals surface area contributed by atoms with Crippen molar-refractivity contribution in [3.05, 3.63) is 42.3 Å². The molecule has 6 heteroatoms. The molecule has 1 aliphatic heterocycles. The number of likely N-dealkylation sites (tertiary alicyclic amines) is 1. The number of aliphatic imine (C=N–C) groups is 1. The zero-order chi connectivity index (χ0) is 19.6. The Kier molecular flexibility index (Phi) is 7.91. The van der Waals surface area contributed by atoms with Crippen molar-refractivity contribution in [2.75, 3.05) is 32.7 Å².